The van der Waals surface area contributed by atoms with E-state index in [0.717, 1.165) is 0 Å². The van der Waals surface area contributed by atoms with Crippen molar-refractivity contribution in [2.45, 2.75) is 13.0 Å². The summed E-state index contributed by atoms with van der Waals surface area (Å²) in [4.78, 5) is 11.2. The number of carbonyl (C=O) groups excluding carboxylic acids is 1. The van der Waals surface area contributed by atoms with E-state index in [1.54, 1.807) is 7.05 Å². The highest BCUT2D eigenvalue weighted by Gasteiger charge is 2.35. The lowest BCUT2D eigenvalue weighted by atomic mass is 10.1. The van der Waals surface area contributed by atoms with Crippen molar-refractivity contribution in [1.29, 1.82) is 0 Å². The molecule has 1 rings (SSSR count). The van der Waals surface area contributed by atoms with E-state index in [0.29, 0.717) is 13.1 Å². The average Bonchev–Trinajstić information content (AvgIpc) is 2.25. The SMILES string of the molecule is COCC(=O)NC1C[N+](C)([O-])CC1C. The first-order chi connectivity index (χ1) is 6.44. The molecule has 0 saturated carbocycles. The van der Waals surface area contributed by atoms with Crippen molar-refractivity contribution in [3.63, 3.8) is 0 Å². The number of hydrogen-bond donors (Lipinski definition) is 1. The Morgan fingerprint density at radius 3 is 2.71 bits per heavy atom. The fourth-order valence-electron chi connectivity index (χ4n) is 1.97. The topological polar surface area (TPSA) is 61.4 Å². The number of hydrogen-bond acceptors (Lipinski definition) is 3. The molecule has 0 aromatic rings. The number of likely N-dealkylation sites (N-methyl/N-ethyl adjacent to an activating group) is 1. The number of amides is 1. The van der Waals surface area contributed by atoms with Gasteiger partial charge in [0.05, 0.1) is 26.2 Å². The lowest BCUT2D eigenvalue weighted by molar-refractivity contribution is -0.849. The van der Waals surface area contributed by atoms with Crippen LogP contribution in [0.25, 0.3) is 0 Å². The summed E-state index contributed by atoms with van der Waals surface area (Å²) < 4.78 is 4.44. The van der Waals surface area contributed by atoms with Crippen molar-refractivity contribution in [3.8, 4) is 0 Å². The molecule has 0 spiro atoms. The van der Waals surface area contributed by atoms with E-state index in [1.165, 1.54) is 7.11 Å². The number of ether oxygens (including phenoxy) is 1. The quantitative estimate of drug-likeness (QED) is 0.505. The predicted octanol–water partition coefficient (Wildman–Crippen LogP) is -0.288. The maximum Gasteiger partial charge on any atom is 0.246 e. The lowest BCUT2D eigenvalue weighted by Crippen LogP contribution is -2.43. The summed E-state index contributed by atoms with van der Waals surface area (Å²) in [5.41, 5.74) is 0. The average molecular weight is 202 g/mol. The van der Waals surface area contributed by atoms with Crippen LogP contribution < -0.4 is 5.32 Å². The Bertz CT molecular complexity index is 218. The smallest absolute Gasteiger partial charge is 0.246 e. The summed E-state index contributed by atoms with van der Waals surface area (Å²) in [5, 5.41) is 14.4. The van der Waals surface area contributed by atoms with Gasteiger partial charge in [-0.2, -0.15) is 0 Å². The number of rotatable bonds is 3. The zero-order valence-electron chi connectivity index (χ0n) is 8.95. The first kappa shape index (κ1) is 11.4. The maximum atomic E-state index is 11.6. The Balaban J connectivity index is 2.42. The fourth-order valence-corrected chi connectivity index (χ4v) is 1.97. The van der Waals surface area contributed by atoms with Gasteiger partial charge in [-0.1, -0.05) is 6.92 Å². The third-order valence-electron chi connectivity index (χ3n) is 2.57. The molecule has 0 aliphatic carbocycles. The molecule has 1 saturated heterocycles. The first-order valence-corrected chi connectivity index (χ1v) is 4.78. The summed E-state index contributed by atoms with van der Waals surface area (Å²) in [6.07, 6.45) is 0. The van der Waals surface area contributed by atoms with Gasteiger partial charge in [0, 0.05) is 13.0 Å². The van der Waals surface area contributed by atoms with Gasteiger partial charge in [-0.15, -0.1) is 0 Å². The Hall–Kier alpha value is -0.650. The zero-order chi connectivity index (χ0) is 10.8. The van der Waals surface area contributed by atoms with Crippen LogP contribution in [0.15, 0.2) is 0 Å². The number of carbonyl (C=O) groups is 1. The van der Waals surface area contributed by atoms with Crippen LogP contribution in [0.5, 0.6) is 0 Å². The fraction of sp³-hybridized carbons (Fsp3) is 0.889. The highest BCUT2D eigenvalue weighted by atomic mass is 16.5. The van der Waals surface area contributed by atoms with Crippen LogP contribution in [0.3, 0.4) is 0 Å². The number of quaternary nitrogens is 1. The number of hydroxylamine groups is 3. The van der Waals surface area contributed by atoms with Crippen molar-refractivity contribution < 1.29 is 14.2 Å². The van der Waals surface area contributed by atoms with E-state index in [1.807, 2.05) is 6.92 Å². The first-order valence-electron chi connectivity index (χ1n) is 4.78. The summed E-state index contributed by atoms with van der Waals surface area (Å²) in [7, 11) is 3.12. The van der Waals surface area contributed by atoms with E-state index >= 15 is 0 Å². The van der Waals surface area contributed by atoms with E-state index in [4.69, 9.17) is 4.74 Å². The molecule has 1 aliphatic heterocycles. The molecule has 3 atom stereocenters. The lowest BCUT2D eigenvalue weighted by Gasteiger charge is -2.33. The third kappa shape index (κ3) is 2.94. The van der Waals surface area contributed by atoms with Crippen molar-refractivity contribution >= 4 is 5.91 Å². The maximum absolute atomic E-state index is 11.6. The molecule has 0 radical (unpaired) electrons. The second-order valence-electron chi connectivity index (χ2n) is 4.25. The molecule has 1 aliphatic rings. The molecule has 14 heavy (non-hydrogen) atoms. The van der Waals surface area contributed by atoms with Crippen LogP contribution >= 0.6 is 0 Å². The molecule has 0 aromatic carbocycles. The summed E-state index contributed by atoms with van der Waals surface area (Å²) in [6.45, 7) is 3.07. The molecule has 5 heteroatoms. The second-order valence-corrected chi connectivity index (χ2v) is 4.25. The predicted molar refractivity (Wildman–Crippen MR) is 52.3 cm³/mol. The minimum absolute atomic E-state index is 0.0138. The Labute approximate surface area is 84.2 Å². The van der Waals surface area contributed by atoms with Gasteiger partial charge in [0.15, 0.2) is 0 Å². The molecule has 1 N–H and O–H groups in total. The van der Waals surface area contributed by atoms with Crippen LogP contribution in [-0.4, -0.2) is 50.4 Å². The summed E-state index contributed by atoms with van der Waals surface area (Å²) >= 11 is 0. The summed E-state index contributed by atoms with van der Waals surface area (Å²) in [5.74, 6) is 0.0876. The molecular formula is C9H18N2O3. The standard InChI is InChI=1S/C9H18N2O3/c1-7-4-11(2,13)5-8(7)10-9(12)6-14-3/h7-8H,4-6H2,1-3H3,(H,10,12). The van der Waals surface area contributed by atoms with Crippen molar-refractivity contribution in [2.24, 2.45) is 5.92 Å². The van der Waals surface area contributed by atoms with Gasteiger partial charge in [-0.25, -0.2) is 0 Å². The Morgan fingerprint density at radius 1 is 1.64 bits per heavy atom. The number of likely N-dealkylation sites (tertiary alicyclic amines) is 1. The Kier molecular flexibility index (Phi) is 3.47. The van der Waals surface area contributed by atoms with Gasteiger partial charge in [0.2, 0.25) is 5.91 Å². The normalized spacial score (nSPS) is 37.1. The molecule has 5 nitrogen and oxygen atoms in total. The van der Waals surface area contributed by atoms with E-state index < -0.39 is 0 Å². The third-order valence-corrected chi connectivity index (χ3v) is 2.57. The molecule has 0 aromatic heterocycles. The van der Waals surface area contributed by atoms with Crippen LogP contribution in [0.2, 0.25) is 0 Å². The van der Waals surface area contributed by atoms with Crippen molar-refractivity contribution in [3.05, 3.63) is 5.21 Å². The van der Waals surface area contributed by atoms with Crippen LogP contribution in [0, 0.1) is 11.1 Å². The van der Waals surface area contributed by atoms with Crippen molar-refractivity contribution in [2.75, 3.05) is 33.9 Å². The number of nitrogens with one attached hydrogen (secondary N) is 1. The highest BCUT2D eigenvalue weighted by molar-refractivity contribution is 5.77. The van der Waals surface area contributed by atoms with Crippen LogP contribution in [-0.2, 0) is 9.53 Å². The molecule has 82 valence electrons. The molecular weight excluding hydrogens is 184 g/mol. The van der Waals surface area contributed by atoms with E-state index in [2.05, 4.69) is 5.32 Å². The molecule has 1 heterocycles. The van der Waals surface area contributed by atoms with Crippen LogP contribution in [0.4, 0.5) is 0 Å². The van der Waals surface area contributed by atoms with Gasteiger partial charge >= 0.3 is 0 Å². The summed E-state index contributed by atoms with van der Waals surface area (Å²) in [6, 6.07) is -0.0138. The molecule has 1 amide bonds. The number of methoxy groups -OCH3 is 1. The molecule has 0 bridgehead atoms. The van der Waals surface area contributed by atoms with Crippen LogP contribution in [0.1, 0.15) is 6.92 Å². The monoisotopic (exact) mass is 202 g/mol. The van der Waals surface area contributed by atoms with Crippen molar-refractivity contribution in [1.82, 2.24) is 5.32 Å². The zero-order valence-corrected chi connectivity index (χ0v) is 8.95. The van der Waals surface area contributed by atoms with E-state index in [-0.39, 0.29) is 29.1 Å². The van der Waals surface area contributed by atoms with Gasteiger partial charge in [-0.05, 0) is 0 Å². The Morgan fingerprint density at radius 2 is 2.29 bits per heavy atom. The minimum Gasteiger partial charge on any atom is -0.633 e. The van der Waals surface area contributed by atoms with Gasteiger partial charge in [-0.3, -0.25) is 4.79 Å². The van der Waals surface area contributed by atoms with Gasteiger partial charge in [0.1, 0.15) is 6.61 Å². The van der Waals surface area contributed by atoms with Gasteiger partial charge < -0.3 is 19.9 Å². The molecule has 1 fully saturated rings. The largest absolute Gasteiger partial charge is 0.633 e. The number of nitrogens with zero attached hydrogens (tertiary/aromatic N) is 1. The van der Waals surface area contributed by atoms with Gasteiger partial charge in [0.25, 0.3) is 0 Å². The second kappa shape index (κ2) is 4.25. The minimum atomic E-state index is -0.265. The van der Waals surface area contributed by atoms with E-state index in [9.17, 15) is 10.0 Å². The molecule has 3 unspecified atom stereocenters. The highest BCUT2D eigenvalue weighted by Crippen LogP contribution is 2.20.